The van der Waals surface area contributed by atoms with Crippen LogP contribution in [0.15, 0.2) is 24.3 Å². The molecular weight excluding hydrogens is 245 g/mol. The first-order chi connectivity index (χ1) is 8.11. The number of ether oxygens (including phenoxy) is 1. The molecule has 0 aromatic heterocycles. The molecule has 0 spiro atoms. The van der Waals surface area contributed by atoms with E-state index in [1.54, 1.807) is 19.2 Å². The summed E-state index contributed by atoms with van der Waals surface area (Å²) in [5.41, 5.74) is 0.766. The third-order valence-corrected chi connectivity index (χ3v) is 2.43. The van der Waals surface area contributed by atoms with Crippen LogP contribution in [-0.4, -0.2) is 31.5 Å². The van der Waals surface area contributed by atoms with Crippen LogP contribution in [0.4, 0.5) is 4.39 Å². The van der Waals surface area contributed by atoms with Crippen molar-refractivity contribution in [1.29, 1.82) is 0 Å². The average molecular weight is 260 g/mol. The number of hydrogen-bond acceptors (Lipinski definition) is 2. The zero-order chi connectivity index (χ0) is 12.7. The van der Waals surface area contributed by atoms with E-state index in [9.17, 15) is 9.18 Å². The van der Waals surface area contributed by atoms with E-state index in [2.05, 4.69) is 5.32 Å². The lowest BCUT2D eigenvalue weighted by atomic mass is 10.1. The van der Waals surface area contributed by atoms with Crippen molar-refractivity contribution in [2.75, 3.05) is 20.3 Å². The van der Waals surface area contributed by atoms with Gasteiger partial charge < -0.3 is 10.1 Å². The molecule has 0 radical (unpaired) electrons. The highest BCUT2D eigenvalue weighted by atomic mass is 35.5. The highest BCUT2D eigenvalue weighted by Crippen LogP contribution is 2.03. The van der Waals surface area contributed by atoms with Gasteiger partial charge in [-0.15, -0.1) is 11.6 Å². The molecule has 5 heteroatoms. The Kier molecular flexibility index (Phi) is 5.94. The number of benzene rings is 1. The Labute approximate surface area is 105 Å². The molecule has 3 nitrogen and oxygen atoms in total. The second-order valence-corrected chi connectivity index (χ2v) is 4.28. The van der Waals surface area contributed by atoms with Gasteiger partial charge in [-0.3, -0.25) is 4.79 Å². The molecule has 0 saturated carbocycles. The summed E-state index contributed by atoms with van der Waals surface area (Å²) in [5.74, 6) is -0.451. The molecule has 1 amide bonds. The minimum Gasteiger partial charge on any atom is -0.383 e. The number of halogens is 2. The minimum absolute atomic E-state index is 0.140. The van der Waals surface area contributed by atoms with Crippen LogP contribution >= 0.6 is 11.6 Å². The van der Waals surface area contributed by atoms with E-state index in [-0.39, 0.29) is 23.5 Å². The van der Waals surface area contributed by atoms with Crippen LogP contribution in [0.5, 0.6) is 0 Å². The van der Waals surface area contributed by atoms with Crippen LogP contribution in [-0.2, 0) is 16.0 Å². The fourth-order valence-corrected chi connectivity index (χ4v) is 1.52. The average Bonchev–Trinajstić information content (AvgIpc) is 2.30. The lowest BCUT2D eigenvalue weighted by molar-refractivity contribution is -0.120. The van der Waals surface area contributed by atoms with Gasteiger partial charge in [0.25, 0.3) is 0 Å². The summed E-state index contributed by atoms with van der Waals surface area (Å²) < 4.78 is 17.5. The zero-order valence-electron chi connectivity index (χ0n) is 9.58. The lowest BCUT2D eigenvalue weighted by Crippen LogP contribution is -2.32. The first-order valence-corrected chi connectivity index (χ1v) is 5.69. The third-order valence-electron chi connectivity index (χ3n) is 2.15. The second kappa shape index (κ2) is 7.25. The molecule has 1 N–H and O–H groups in total. The smallest absolute Gasteiger partial charge is 0.224 e. The molecule has 0 bridgehead atoms. The van der Waals surface area contributed by atoms with Gasteiger partial charge in [0.15, 0.2) is 0 Å². The van der Waals surface area contributed by atoms with Crippen molar-refractivity contribution in [3.8, 4) is 0 Å². The summed E-state index contributed by atoms with van der Waals surface area (Å²) in [4.78, 5) is 11.5. The van der Waals surface area contributed by atoms with E-state index in [0.717, 1.165) is 5.56 Å². The van der Waals surface area contributed by atoms with Gasteiger partial charge in [0.05, 0.1) is 18.4 Å². The number of amides is 1. The largest absolute Gasteiger partial charge is 0.383 e. The van der Waals surface area contributed by atoms with Crippen molar-refractivity contribution in [2.45, 2.75) is 11.8 Å². The van der Waals surface area contributed by atoms with Crippen molar-refractivity contribution in [1.82, 2.24) is 5.32 Å². The number of carbonyl (C=O) groups is 1. The van der Waals surface area contributed by atoms with Crippen molar-refractivity contribution >= 4 is 17.5 Å². The van der Waals surface area contributed by atoms with E-state index in [1.807, 2.05) is 0 Å². The molecular formula is C12H15ClFNO2. The number of methoxy groups -OCH3 is 1. The first-order valence-electron chi connectivity index (χ1n) is 5.26. The number of rotatable bonds is 6. The standard InChI is InChI=1S/C12H15ClFNO2/c1-17-8-10(13)7-15-12(16)6-9-2-4-11(14)5-3-9/h2-5,10H,6-8H2,1H3,(H,15,16). The fraction of sp³-hybridized carbons (Fsp3) is 0.417. The van der Waals surface area contributed by atoms with E-state index >= 15 is 0 Å². The maximum atomic E-state index is 12.6. The molecule has 0 aliphatic heterocycles. The van der Waals surface area contributed by atoms with Gasteiger partial charge in [-0.1, -0.05) is 12.1 Å². The molecule has 0 saturated heterocycles. The topological polar surface area (TPSA) is 38.3 Å². The van der Waals surface area contributed by atoms with Crippen LogP contribution in [0, 0.1) is 5.82 Å². The zero-order valence-corrected chi connectivity index (χ0v) is 10.3. The predicted octanol–water partition coefficient (Wildman–Crippen LogP) is 1.74. The molecule has 0 aliphatic carbocycles. The van der Waals surface area contributed by atoms with Gasteiger partial charge in [-0.05, 0) is 17.7 Å². The summed E-state index contributed by atoms with van der Waals surface area (Å²) in [5, 5.41) is 2.45. The summed E-state index contributed by atoms with van der Waals surface area (Å²) >= 11 is 5.86. The lowest BCUT2D eigenvalue weighted by Gasteiger charge is -2.09. The summed E-state index contributed by atoms with van der Waals surface area (Å²) in [6.45, 7) is 0.744. The molecule has 17 heavy (non-hydrogen) atoms. The van der Waals surface area contributed by atoms with E-state index < -0.39 is 0 Å². The molecule has 1 rings (SSSR count). The summed E-state index contributed by atoms with van der Waals surface area (Å²) in [7, 11) is 1.55. The van der Waals surface area contributed by atoms with Gasteiger partial charge in [-0.2, -0.15) is 0 Å². The van der Waals surface area contributed by atoms with E-state index in [0.29, 0.717) is 13.2 Å². The number of hydrogen-bond donors (Lipinski definition) is 1. The predicted molar refractivity (Wildman–Crippen MR) is 64.6 cm³/mol. The van der Waals surface area contributed by atoms with E-state index in [4.69, 9.17) is 16.3 Å². The molecule has 1 aromatic carbocycles. The number of nitrogens with one attached hydrogen (secondary N) is 1. The Bertz CT molecular complexity index is 356. The summed E-state index contributed by atoms with van der Waals surface area (Å²) in [6.07, 6.45) is 0.219. The molecule has 0 heterocycles. The molecule has 0 fully saturated rings. The van der Waals surface area contributed by atoms with Crippen molar-refractivity contribution in [2.24, 2.45) is 0 Å². The Morgan fingerprint density at radius 1 is 1.47 bits per heavy atom. The molecule has 1 atom stereocenters. The minimum atomic E-state index is -0.310. The maximum absolute atomic E-state index is 12.6. The van der Waals surface area contributed by atoms with Crippen LogP contribution in [0.1, 0.15) is 5.56 Å². The number of alkyl halides is 1. The summed E-state index contributed by atoms with van der Waals surface area (Å²) in [6, 6.07) is 5.83. The van der Waals surface area contributed by atoms with Gasteiger partial charge in [-0.25, -0.2) is 4.39 Å². The highest BCUT2D eigenvalue weighted by Gasteiger charge is 2.07. The quantitative estimate of drug-likeness (QED) is 0.791. The Morgan fingerprint density at radius 2 is 2.12 bits per heavy atom. The van der Waals surface area contributed by atoms with Crippen molar-refractivity contribution < 1.29 is 13.9 Å². The van der Waals surface area contributed by atoms with Crippen LogP contribution < -0.4 is 5.32 Å². The Morgan fingerprint density at radius 3 is 2.71 bits per heavy atom. The van der Waals surface area contributed by atoms with E-state index in [1.165, 1.54) is 12.1 Å². The molecule has 94 valence electrons. The third kappa shape index (κ3) is 5.65. The van der Waals surface area contributed by atoms with Gasteiger partial charge in [0, 0.05) is 13.7 Å². The normalized spacial score (nSPS) is 12.2. The fourth-order valence-electron chi connectivity index (χ4n) is 1.31. The first kappa shape index (κ1) is 13.9. The Balaban J connectivity index is 2.32. The molecule has 1 unspecified atom stereocenters. The maximum Gasteiger partial charge on any atom is 0.224 e. The van der Waals surface area contributed by atoms with Gasteiger partial charge in [0.1, 0.15) is 5.82 Å². The van der Waals surface area contributed by atoms with Gasteiger partial charge in [0.2, 0.25) is 5.91 Å². The van der Waals surface area contributed by atoms with Crippen molar-refractivity contribution in [3.05, 3.63) is 35.6 Å². The monoisotopic (exact) mass is 259 g/mol. The van der Waals surface area contributed by atoms with Crippen LogP contribution in [0.25, 0.3) is 0 Å². The SMILES string of the molecule is COCC(Cl)CNC(=O)Cc1ccc(F)cc1. The molecule has 1 aromatic rings. The Hall–Kier alpha value is -1.13. The van der Waals surface area contributed by atoms with Crippen molar-refractivity contribution in [3.63, 3.8) is 0 Å². The van der Waals surface area contributed by atoms with Crippen LogP contribution in [0.2, 0.25) is 0 Å². The molecule has 0 aliphatic rings. The van der Waals surface area contributed by atoms with Crippen LogP contribution in [0.3, 0.4) is 0 Å². The van der Waals surface area contributed by atoms with Gasteiger partial charge >= 0.3 is 0 Å². The number of carbonyl (C=O) groups excluding carboxylic acids is 1. The second-order valence-electron chi connectivity index (χ2n) is 3.66. The highest BCUT2D eigenvalue weighted by molar-refractivity contribution is 6.21.